The van der Waals surface area contributed by atoms with E-state index in [1.54, 1.807) is 0 Å². The SMILES string of the molecule is Cn1c2ccccc2c2c1c1ccccc1n2CCc1ccccc1. The molecule has 0 unspecified atom stereocenters. The van der Waals surface area contributed by atoms with Gasteiger partial charge in [0.05, 0.1) is 22.1 Å². The molecule has 2 heteroatoms. The van der Waals surface area contributed by atoms with Gasteiger partial charge in [-0.1, -0.05) is 66.7 Å². The first-order chi connectivity index (χ1) is 12.3. The predicted molar refractivity (Wildman–Crippen MR) is 106 cm³/mol. The highest BCUT2D eigenvalue weighted by atomic mass is 15.0. The number of hydrogen-bond donors (Lipinski definition) is 0. The maximum atomic E-state index is 2.50. The van der Waals surface area contributed by atoms with Crippen LogP contribution in [0.15, 0.2) is 78.9 Å². The molecule has 0 N–H and O–H groups in total. The van der Waals surface area contributed by atoms with Crippen LogP contribution >= 0.6 is 0 Å². The average molecular weight is 324 g/mol. The van der Waals surface area contributed by atoms with E-state index in [2.05, 4.69) is 95.0 Å². The van der Waals surface area contributed by atoms with E-state index >= 15 is 0 Å². The number of aryl methyl sites for hydroxylation is 3. The molecule has 0 amide bonds. The molecule has 0 saturated carbocycles. The lowest BCUT2D eigenvalue weighted by atomic mass is 10.1. The van der Waals surface area contributed by atoms with Gasteiger partial charge < -0.3 is 9.13 Å². The van der Waals surface area contributed by atoms with Crippen molar-refractivity contribution in [1.29, 1.82) is 0 Å². The quantitative estimate of drug-likeness (QED) is 0.413. The topological polar surface area (TPSA) is 9.86 Å². The van der Waals surface area contributed by atoms with Gasteiger partial charge in [-0.2, -0.15) is 0 Å². The Kier molecular flexibility index (Phi) is 3.17. The summed E-state index contributed by atoms with van der Waals surface area (Å²) in [7, 11) is 2.18. The van der Waals surface area contributed by atoms with Gasteiger partial charge in [-0.25, -0.2) is 0 Å². The Morgan fingerprint density at radius 1 is 0.640 bits per heavy atom. The molecular weight excluding hydrogens is 304 g/mol. The Hall–Kier alpha value is -3.00. The molecule has 25 heavy (non-hydrogen) atoms. The van der Waals surface area contributed by atoms with E-state index in [1.807, 2.05) is 0 Å². The lowest BCUT2D eigenvalue weighted by Gasteiger charge is -2.08. The Morgan fingerprint density at radius 3 is 2.00 bits per heavy atom. The van der Waals surface area contributed by atoms with Gasteiger partial charge in [-0.15, -0.1) is 0 Å². The highest BCUT2D eigenvalue weighted by Gasteiger charge is 2.17. The summed E-state index contributed by atoms with van der Waals surface area (Å²) in [5, 5.41) is 2.67. The first-order valence-corrected chi connectivity index (χ1v) is 8.83. The van der Waals surface area contributed by atoms with Gasteiger partial charge in [-0.3, -0.25) is 0 Å². The molecule has 5 aromatic rings. The first kappa shape index (κ1) is 14.4. The molecule has 0 aliphatic rings. The third-order valence-corrected chi connectivity index (χ3v) is 5.27. The van der Waals surface area contributed by atoms with E-state index < -0.39 is 0 Å². The fourth-order valence-corrected chi connectivity index (χ4v) is 4.10. The summed E-state index contributed by atoms with van der Waals surface area (Å²) in [6.45, 7) is 0.988. The van der Waals surface area contributed by atoms with Crippen LogP contribution in [0.3, 0.4) is 0 Å². The minimum absolute atomic E-state index is 0.988. The third-order valence-electron chi connectivity index (χ3n) is 5.27. The Labute approximate surface area is 146 Å². The van der Waals surface area contributed by atoms with Crippen LogP contribution in [0.2, 0.25) is 0 Å². The standard InChI is InChI=1S/C23H20N2/c1-24-20-13-7-5-11-18(20)23-22(24)19-12-6-8-14-21(19)25(23)16-15-17-9-3-2-4-10-17/h2-14H,15-16H2,1H3. The van der Waals surface area contributed by atoms with Gasteiger partial charge in [0.1, 0.15) is 0 Å². The minimum atomic E-state index is 0.988. The molecule has 122 valence electrons. The number of hydrogen-bond acceptors (Lipinski definition) is 0. The molecule has 0 fully saturated rings. The second kappa shape index (κ2) is 5.52. The maximum Gasteiger partial charge on any atom is 0.0754 e. The van der Waals surface area contributed by atoms with Crippen molar-refractivity contribution in [2.45, 2.75) is 13.0 Å². The third kappa shape index (κ3) is 2.11. The first-order valence-electron chi connectivity index (χ1n) is 8.83. The van der Waals surface area contributed by atoms with Crippen LogP contribution < -0.4 is 0 Å². The number of benzene rings is 3. The fourth-order valence-electron chi connectivity index (χ4n) is 4.10. The van der Waals surface area contributed by atoms with Gasteiger partial charge in [0.15, 0.2) is 0 Å². The number of aromatic nitrogens is 2. The molecule has 2 aromatic heterocycles. The maximum absolute atomic E-state index is 2.50. The summed E-state index contributed by atoms with van der Waals surface area (Å²) in [4.78, 5) is 0. The van der Waals surface area contributed by atoms with Crippen molar-refractivity contribution in [3.05, 3.63) is 84.4 Å². The van der Waals surface area contributed by atoms with Crippen LogP contribution in [0.1, 0.15) is 5.56 Å². The molecule has 0 bridgehead atoms. The molecule has 2 heterocycles. The summed E-state index contributed by atoms with van der Waals surface area (Å²) < 4.78 is 4.84. The Morgan fingerprint density at radius 2 is 1.24 bits per heavy atom. The smallest absolute Gasteiger partial charge is 0.0754 e. The van der Waals surface area contributed by atoms with Gasteiger partial charge in [-0.05, 0) is 24.1 Å². The monoisotopic (exact) mass is 324 g/mol. The molecule has 0 spiro atoms. The van der Waals surface area contributed by atoms with Crippen LogP contribution in [0.25, 0.3) is 32.8 Å². The average Bonchev–Trinajstić information content (AvgIpc) is 3.15. The molecule has 0 aliphatic carbocycles. The number of fused-ring (bicyclic) bond motifs is 5. The second-order valence-corrected chi connectivity index (χ2v) is 6.68. The summed E-state index contributed by atoms with van der Waals surface area (Å²) in [6.07, 6.45) is 1.04. The summed E-state index contributed by atoms with van der Waals surface area (Å²) in [5.41, 5.74) is 6.70. The van der Waals surface area contributed by atoms with Crippen molar-refractivity contribution < 1.29 is 0 Å². The molecule has 0 radical (unpaired) electrons. The number of rotatable bonds is 3. The normalized spacial score (nSPS) is 11.7. The van der Waals surface area contributed by atoms with Crippen molar-refractivity contribution in [2.24, 2.45) is 7.05 Å². The molecule has 5 rings (SSSR count). The van der Waals surface area contributed by atoms with Crippen molar-refractivity contribution in [2.75, 3.05) is 0 Å². The van der Waals surface area contributed by atoms with Crippen molar-refractivity contribution in [3.63, 3.8) is 0 Å². The second-order valence-electron chi connectivity index (χ2n) is 6.68. The molecule has 0 atom stereocenters. The summed E-state index contributed by atoms with van der Waals surface area (Å²) in [6, 6.07) is 28.2. The highest BCUT2D eigenvalue weighted by Crippen LogP contribution is 2.36. The van der Waals surface area contributed by atoms with Crippen molar-refractivity contribution in [3.8, 4) is 0 Å². The lowest BCUT2D eigenvalue weighted by Crippen LogP contribution is -2.00. The molecule has 2 nitrogen and oxygen atoms in total. The summed E-state index contributed by atoms with van der Waals surface area (Å²) in [5.74, 6) is 0. The lowest BCUT2D eigenvalue weighted by molar-refractivity contribution is 0.746. The van der Waals surface area contributed by atoms with Crippen LogP contribution in [-0.2, 0) is 20.0 Å². The van der Waals surface area contributed by atoms with Gasteiger partial charge in [0, 0.05) is 24.4 Å². The summed E-state index contributed by atoms with van der Waals surface area (Å²) >= 11 is 0. The highest BCUT2D eigenvalue weighted by molar-refractivity contribution is 6.18. The Balaban J connectivity index is 1.79. The van der Waals surface area contributed by atoms with E-state index in [1.165, 1.54) is 38.4 Å². The van der Waals surface area contributed by atoms with Crippen molar-refractivity contribution >= 4 is 32.8 Å². The molecule has 3 aromatic carbocycles. The largest absolute Gasteiger partial charge is 0.342 e. The zero-order valence-electron chi connectivity index (χ0n) is 14.3. The zero-order chi connectivity index (χ0) is 16.8. The van der Waals surface area contributed by atoms with Gasteiger partial charge >= 0.3 is 0 Å². The Bertz CT molecular complexity index is 1190. The zero-order valence-corrected chi connectivity index (χ0v) is 14.3. The van der Waals surface area contributed by atoms with Crippen LogP contribution in [0.4, 0.5) is 0 Å². The van der Waals surface area contributed by atoms with E-state index in [-0.39, 0.29) is 0 Å². The van der Waals surface area contributed by atoms with Crippen LogP contribution in [-0.4, -0.2) is 9.13 Å². The van der Waals surface area contributed by atoms with Crippen LogP contribution in [0, 0.1) is 0 Å². The number of para-hydroxylation sites is 2. The number of nitrogens with zero attached hydrogens (tertiary/aromatic N) is 2. The molecule has 0 saturated heterocycles. The van der Waals surface area contributed by atoms with E-state index in [9.17, 15) is 0 Å². The van der Waals surface area contributed by atoms with Gasteiger partial charge in [0.25, 0.3) is 0 Å². The van der Waals surface area contributed by atoms with Crippen molar-refractivity contribution in [1.82, 2.24) is 9.13 Å². The van der Waals surface area contributed by atoms with E-state index in [0.29, 0.717) is 0 Å². The molecular formula is C23H20N2. The fraction of sp³-hybridized carbons (Fsp3) is 0.130. The molecule has 0 aliphatic heterocycles. The minimum Gasteiger partial charge on any atom is -0.342 e. The van der Waals surface area contributed by atoms with Gasteiger partial charge in [0.2, 0.25) is 0 Å². The van der Waals surface area contributed by atoms with Crippen LogP contribution in [0.5, 0.6) is 0 Å². The van der Waals surface area contributed by atoms with E-state index in [4.69, 9.17) is 0 Å². The van der Waals surface area contributed by atoms with E-state index in [0.717, 1.165) is 13.0 Å². The predicted octanol–water partition coefficient (Wildman–Crippen LogP) is 5.53.